The number of anilines is 1. The normalized spacial score (nSPS) is 19.0. The van der Waals surface area contributed by atoms with Crippen LogP contribution < -0.4 is 5.32 Å². The van der Waals surface area contributed by atoms with Crippen molar-refractivity contribution in [2.24, 2.45) is 0 Å². The van der Waals surface area contributed by atoms with Gasteiger partial charge < -0.3 is 15.2 Å². The second kappa shape index (κ2) is 9.18. The number of benzene rings is 2. The van der Waals surface area contributed by atoms with Crippen LogP contribution >= 0.6 is 0 Å². The smallest absolute Gasteiger partial charge is 0.149 e. The highest BCUT2D eigenvalue weighted by atomic mass is 16.5. The molecule has 0 aliphatic carbocycles. The minimum Gasteiger partial charge on any atom is -0.507 e. The van der Waals surface area contributed by atoms with Crippen LogP contribution in [0.5, 0.6) is 5.75 Å². The van der Waals surface area contributed by atoms with Crippen molar-refractivity contribution < 1.29 is 9.84 Å². The monoisotopic (exact) mass is 441 g/mol. The Hall–Kier alpha value is -3.47. The second-order valence-electron chi connectivity index (χ2n) is 8.85. The third-order valence-corrected chi connectivity index (χ3v) is 6.53. The molecule has 3 aromatic rings. The van der Waals surface area contributed by atoms with Gasteiger partial charge in [-0.3, -0.25) is 4.90 Å². The van der Waals surface area contributed by atoms with Crippen LogP contribution in [0.4, 0.5) is 5.82 Å². The molecule has 7 heteroatoms. The lowest BCUT2D eigenvalue weighted by Crippen LogP contribution is -2.54. The van der Waals surface area contributed by atoms with Crippen LogP contribution in [0.3, 0.4) is 0 Å². The summed E-state index contributed by atoms with van der Waals surface area (Å²) >= 11 is 0. The van der Waals surface area contributed by atoms with Crippen LogP contribution in [0.1, 0.15) is 24.0 Å². The Morgan fingerprint density at radius 2 is 1.88 bits per heavy atom. The van der Waals surface area contributed by atoms with Crippen molar-refractivity contribution in [2.45, 2.75) is 31.8 Å². The van der Waals surface area contributed by atoms with E-state index in [2.05, 4.69) is 26.5 Å². The topological polar surface area (TPSA) is 94.3 Å². The average Bonchev–Trinajstić information content (AvgIpc) is 2.79. The molecule has 0 radical (unpaired) electrons. The molecule has 2 aromatic carbocycles. The van der Waals surface area contributed by atoms with Crippen molar-refractivity contribution in [3.63, 3.8) is 0 Å². The summed E-state index contributed by atoms with van der Waals surface area (Å²) in [5.74, 6) is 0.919. The molecule has 1 aromatic heterocycles. The Bertz CT molecular complexity index is 1180. The van der Waals surface area contributed by atoms with Gasteiger partial charge in [-0.05, 0) is 73.3 Å². The summed E-state index contributed by atoms with van der Waals surface area (Å²) in [6.07, 6.45) is 2.28. The molecule has 2 fully saturated rings. The Morgan fingerprint density at radius 1 is 1.09 bits per heavy atom. The van der Waals surface area contributed by atoms with Gasteiger partial charge in [-0.25, -0.2) is 0 Å². The van der Waals surface area contributed by atoms with E-state index in [4.69, 9.17) is 10.00 Å². The summed E-state index contributed by atoms with van der Waals surface area (Å²) in [7, 11) is 0. The maximum atomic E-state index is 10.7. The van der Waals surface area contributed by atoms with E-state index in [0.717, 1.165) is 61.7 Å². The molecule has 33 heavy (non-hydrogen) atoms. The molecule has 1 atom stereocenters. The molecule has 2 aliphatic heterocycles. The van der Waals surface area contributed by atoms with E-state index in [1.54, 1.807) is 18.2 Å². The summed E-state index contributed by atoms with van der Waals surface area (Å²) in [4.78, 5) is 2.51. The standard InChI is InChI=1S/C26H27N5O2/c1-17-11-25(28-21-3-2-10-31(14-21)22-15-33-16-22)29-30-26(17)23-9-8-20(12-24(23)32)19-6-4-18(13-27)5-7-19/h4-9,11-12,21-22,32H,2-3,10,14-16H2,1H3,(H,28,29). The first-order valence-corrected chi connectivity index (χ1v) is 11.4. The fourth-order valence-corrected chi connectivity index (χ4v) is 4.57. The lowest BCUT2D eigenvalue weighted by molar-refractivity contribution is -0.0710. The lowest BCUT2D eigenvalue weighted by Gasteiger charge is -2.42. The van der Waals surface area contributed by atoms with Crippen LogP contribution in [-0.2, 0) is 4.74 Å². The summed E-state index contributed by atoms with van der Waals surface area (Å²) in [5.41, 5.74) is 4.70. The zero-order valence-electron chi connectivity index (χ0n) is 18.7. The number of hydrogen-bond donors (Lipinski definition) is 2. The Morgan fingerprint density at radius 3 is 2.55 bits per heavy atom. The van der Waals surface area contributed by atoms with Crippen LogP contribution in [0, 0.1) is 18.3 Å². The number of aromatic hydroxyl groups is 1. The number of phenols is 1. The van der Waals surface area contributed by atoms with E-state index in [1.165, 1.54) is 0 Å². The molecule has 5 rings (SSSR count). The number of likely N-dealkylation sites (tertiary alicyclic amines) is 1. The zero-order chi connectivity index (χ0) is 22.8. The van der Waals surface area contributed by atoms with E-state index in [9.17, 15) is 5.11 Å². The number of piperidine rings is 1. The summed E-state index contributed by atoms with van der Waals surface area (Å²) < 4.78 is 5.35. The van der Waals surface area contributed by atoms with Crippen molar-refractivity contribution in [3.8, 4) is 34.2 Å². The number of rotatable bonds is 5. The van der Waals surface area contributed by atoms with Gasteiger partial charge in [-0.15, -0.1) is 10.2 Å². The maximum absolute atomic E-state index is 10.7. The molecule has 2 N–H and O–H groups in total. The van der Waals surface area contributed by atoms with Crippen molar-refractivity contribution in [3.05, 3.63) is 59.7 Å². The maximum Gasteiger partial charge on any atom is 0.149 e. The number of aryl methyl sites for hydroxylation is 1. The van der Waals surface area contributed by atoms with Gasteiger partial charge in [0.05, 0.1) is 36.6 Å². The number of hydrogen-bond acceptors (Lipinski definition) is 7. The molecule has 0 amide bonds. The van der Waals surface area contributed by atoms with Gasteiger partial charge in [0.1, 0.15) is 11.6 Å². The molecule has 7 nitrogen and oxygen atoms in total. The first-order valence-electron chi connectivity index (χ1n) is 11.4. The van der Waals surface area contributed by atoms with E-state index in [1.807, 2.05) is 37.3 Å². The van der Waals surface area contributed by atoms with Crippen molar-refractivity contribution in [1.82, 2.24) is 15.1 Å². The first kappa shape index (κ1) is 21.4. The minimum atomic E-state index is 0.153. The van der Waals surface area contributed by atoms with Gasteiger partial charge in [0.2, 0.25) is 0 Å². The molecular weight excluding hydrogens is 414 g/mol. The molecule has 0 saturated carbocycles. The van der Waals surface area contributed by atoms with Crippen LogP contribution in [0.2, 0.25) is 0 Å². The highest BCUT2D eigenvalue weighted by Gasteiger charge is 2.30. The first-order chi connectivity index (χ1) is 16.1. The molecule has 168 valence electrons. The number of ether oxygens (including phenoxy) is 1. The lowest BCUT2D eigenvalue weighted by atomic mass is 9.99. The predicted molar refractivity (Wildman–Crippen MR) is 127 cm³/mol. The third-order valence-electron chi connectivity index (χ3n) is 6.53. The van der Waals surface area contributed by atoms with Crippen LogP contribution in [0.25, 0.3) is 22.4 Å². The van der Waals surface area contributed by atoms with Gasteiger partial charge in [-0.2, -0.15) is 5.26 Å². The van der Waals surface area contributed by atoms with Gasteiger partial charge in [0.15, 0.2) is 0 Å². The van der Waals surface area contributed by atoms with Crippen molar-refractivity contribution >= 4 is 5.82 Å². The summed E-state index contributed by atoms with van der Waals surface area (Å²) in [5, 5.41) is 32.1. The van der Waals surface area contributed by atoms with Crippen LogP contribution in [0.15, 0.2) is 48.5 Å². The molecule has 2 aliphatic rings. The van der Waals surface area contributed by atoms with E-state index >= 15 is 0 Å². The molecule has 0 spiro atoms. The van der Waals surface area contributed by atoms with Crippen molar-refractivity contribution in [1.29, 1.82) is 5.26 Å². The van der Waals surface area contributed by atoms with Crippen LogP contribution in [-0.4, -0.2) is 58.6 Å². The molecule has 2 saturated heterocycles. The number of nitrogens with one attached hydrogen (secondary N) is 1. The van der Waals surface area contributed by atoms with Gasteiger partial charge in [-0.1, -0.05) is 18.2 Å². The molecule has 0 bridgehead atoms. The largest absolute Gasteiger partial charge is 0.507 e. The number of nitriles is 1. The van der Waals surface area contributed by atoms with E-state index in [0.29, 0.717) is 28.9 Å². The van der Waals surface area contributed by atoms with E-state index < -0.39 is 0 Å². The van der Waals surface area contributed by atoms with Crippen molar-refractivity contribution in [2.75, 3.05) is 31.6 Å². The second-order valence-corrected chi connectivity index (χ2v) is 8.85. The number of aromatic nitrogens is 2. The minimum absolute atomic E-state index is 0.153. The van der Waals surface area contributed by atoms with E-state index in [-0.39, 0.29) is 5.75 Å². The Kier molecular flexibility index (Phi) is 5.95. The quantitative estimate of drug-likeness (QED) is 0.619. The highest BCUT2D eigenvalue weighted by Crippen LogP contribution is 2.34. The fourth-order valence-electron chi connectivity index (χ4n) is 4.57. The highest BCUT2D eigenvalue weighted by molar-refractivity contribution is 5.76. The Labute approximate surface area is 193 Å². The summed E-state index contributed by atoms with van der Waals surface area (Å²) in [6.45, 7) is 5.80. The fraction of sp³-hybridized carbons (Fsp3) is 0.346. The zero-order valence-corrected chi connectivity index (χ0v) is 18.7. The predicted octanol–water partition coefficient (Wildman–Crippen LogP) is 3.97. The number of nitrogens with zero attached hydrogens (tertiary/aromatic N) is 4. The molecule has 1 unspecified atom stereocenters. The summed E-state index contributed by atoms with van der Waals surface area (Å²) in [6, 6.07) is 17.9. The SMILES string of the molecule is Cc1cc(NC2CCCN(C3COC3)C2)nnc1-c1ccc(-c2ccc(C#N)cc2)cc1O. The molecular formula is C26H27N5O2. The molecule has 3 heterocycles. The Balaban J connectivity index is 1.31. The third kappa shape index (κ3) is 4.54. The van der Waals surface area contributed by atoms with Gasteiger partial charge in [0, 0.05) is 18.2 Å². The average molecular weight is 442 g/mol. The van der Waals surface area contributed by atoms with Gasteiger partial charge >= 0.3 is 0 Å². The van der Waals surface area contributed by atoms with Gasteiger partial charge in [0.25, 0.3) is 0 Å². The number of phenolic OH excluding ortho intramolecular Hbond substituents is 1.